The number of nitrogens with one attached hydrogen (secondary N) is 1. The molecule has 1 aromatic carbocycles. The molecular formula is C11H15BrN2O3S. The van der Waals surface area contributed by atoms with Crippen molar-refractivity contribution in [2.45, 2.75) is 4.90 Å². The molecule has 0 atom stereocenters. The number of sulfonamides is 1. The van der Waals surface area contributed by atoms with Gasteiger partial charge in [-0.3, -0.25) is 0 Å². The predicted octanol–water partition coefficient (Wildman–Crippen LogP) is 1.19. The molecule has 0 aromatic heterocycles. The first-order chi connectivity index (χ1) is 8.54. The molecule has 1 aliphatic heterocycles. The fourth-order valence-electron chi connectivity index (χ4n) is 1.91. The average Bonchev–Trinajstić information content (AvgIpc) is 2.44. The Bertz CT molecular complexity index is 533. The topological polar surface area (TPSA) is 58.6 Å². The van der Waals surface area contributed by atoms with Gasteiger partial charge in [-0.15, -0.1) is 0 Å². The summed E-state index contributed by atoms with van der Waals surface area (Å²) in [5.74, 6) is 0. The molecule has 1 aromatic rings. The number of rotatable bonds is 3. The summed E-state index contributed by atoms with van der Waals surface area (Å²) in [6, 6.07) is 5.29. The van der Waals surface area contributed by atoms with Crippen LogP contribution in [-0.2, 0) is 14.8 Å². The van der Waals surface area contributed by atoms with Crippen LogP contribution in [0.15, 0.2) is 27.6 Å². The van der Waals surface area contributed by atoms with Gasteiger partial charge in [-0.05, 0) is 18.2 Å². The molecule has 100 valence electrons. The fraction of sp³-hybridized carbons (Fsp3) is 0.455. The minimum atomic E-state index is -3.42. The lowest BCUT2D eigenvalue weighted by Gasteiger charge is -2.23. The maximum Gasteiger partial charge on any atom is 0.242 e. The summed E-state index contributed by atoms with van der Waals surface area (Å²) >= 11 is 3.30. The SMILES string of the molecule is COCCN1CCNS(=O)(=O)c2cc(Br)ccc21. The minimum absolute atomic E-state index is 0.311. The maximum absolute atomic E-state index is 12.1. The third kappa shape index (κ3) is 2.85. The van der Waals surface area contributed by atoms with Crippen LogP contribution >= 0.6 is 15.9 Å². The van der Waals surface area contributed by atoms with Crippen LogP contribution in [0.5, 0.6) is 0 Å². The molecule has 0 unspecified atom stereocenters. The first kappa shape index (κ1) is 13.8. The Balaban J connectivity index is 2.45. The summed E-state index contributed by atoms with van der Waals surface area (Å²) < 4.78 is 32.5. The van der Waals surface area contributed by atoms with E-state index in [1.165, 1.54) is 0 Å². The van der Waals surface area contributed by atoms with E-state index in [-0.39, 0.29) is 0 Å². The Hall–Kier alpha value is -0.630. The van der Waals surface area contributed by atoms with Gasteiger partial charge in [0, 0.05) is 31.2 Å². The molecule has 0 saturated heterocycles. The van der Waals surface area contributed by atoms with Crippen LogP contribution in [0.1, 0.15) is 0 Å². The quantitative estimate of drug-likeness (QED) is 0.902. The van der Waals surface area contributed by atoms with E-state index in [2.05, 4.69) is 20.7 Å². The molecule has 5 nitrogen and oxygen atoms in total. The highest BCUT2D eigenvalue weighted by molar-refractivity contribution is 9.10. The van der Waals surface area contributed by atoms with Gasteiger partial charge < -0.3 is 9.64 Å². The lowest BCUT2D eigenvalue weighted by atomic mass is 10.3. The van der Waals surface area contributed by atoms with Crippen LogP contribution in [-0.4, -0.2) is 41.8 Å². The zero-order valence-corrected chi connectivity index (χ0v) is 12.4. The molecule has 0 spiro atoms. The highest BCUT2D eigenvalue weighted by atomic mass is 79.9. The van der Waals surface area contributed by atoms with E-state index in [1.54, 1.807) is 13.2 Å². The van der Waals surface area contributed by atoms with Gasteiger partial charge in [0.25, 0.3) is 0 Å². The van der Waals surface area contributed by atoms with E-state index >= 15 is 0 Å². The Kier molecular flexibility index (Phi) is 4.26. The smallest absolute Gasteiger partial charge is 0.242 e. The first-order valence-corrected chi connectivity index (χ1v) is 7.85. The number of hydrogen-bond acceptors (Lipinski definition) is 4. The third-order valence-electron chi connectivity index (χ3n) is 2.79. The number of ether oxygens (including phenoxy) is 1. The summed E-state index contributed by atoms with van der Waals surface area (Å²) in [5, 5.41) is 0. The second-order valence-corrected chi connectivity index (χ2v) is 6.64. The van der Waals surface area contributed by atoms with Crippen molar-refractivity contribution in [3.8, 4) is 0 Å². The molecular weight excluding hydrogens is 320 g/mol. The molecule has 1 heterocycles. The van der Waals surface area contributed by atoms with E-state index in [9.17, 15) is 8.42 Å². The Morgan fingerprint density at radius 3 is 3.00 bits per heavy atom. The third-order valence-corrected chi connectivity index (χ3v) is 4.77. The second kappa shape index (κ2) is 5.56. The molecule has 2 rings (SSSR count). The number of fused-ring (bicyclic) bond motifs is 1. The van der Waals surface area contributed by atoms with Crippen molar-refractivity contribution in [3.63, 3.8) is 0 Å². The van der Waals surface area contributed by atoms with Crippen LogP contribution in [0, 0.1) is 0 Å². The predicted molar refractivity (Wildman–Crippen MR) is 73.4 cm³/mol. The van der Waals surface area contributed by atoms with E-state index < -0.39 is 10.0 Å². The molecule has 0 radical (unpaired) electrons. The van der Waals surface area contributed by atoms with Crippen LogP contribution < -0.4 is 9.62 Å². The van der Waals surface area contributed by atoms with Gasteiger partial charge in [-0.1, -0.05) is 15.9 Å². The normalized spacial score (nSPS) is 18.2. The highest BCUT2D eigenvalue weighted by Gasteiger charge is 2.25. The average molecular weight is 335 g/mol. The monoisotopic (exact) mass is 334 g/mol. The van der Waals surface area contributed by atoms with Gasteiger partial charge in [0.05, 0.1) is 12.3 Å². The lowest BCUT2D eigenvalue weighted by molar-refractivity contribution is 0.205. The number of benzene rings is 1. The van der Waals surface area contributed by atoms with Gasteiger partial charge >= 0.3 is 0 Å². The Labute approximate surface area is 115 Å². The van der Waals surface area contributed by atoms with E-state index in [0.29, 0.717) is 31.1 Å². The lowest BCUT2D eigenvalue weighted by Crippen LogP contribution is -2.32. The molecule has 0 aliphatic carbocycles. The molecule has 0 fully saturated rings. The van der Waals surface area contributed by atoms with Crippen molar-refractivity contribution in [1.82, 2.24) is 4.72 Å². The van der Waals surface area contributed by atoms with Crippen molar-refractivity contribution in [2.75, 3.05) is 38.3 Å². The minimum Gasteiger partial charge on any atom is -0.383 e. The van der Waals surface area contributed by atoms with Gasteiger partial charge in [0.2, 0.25) is 10.0 Å². The van der Waals surface area contributed by atoms with E-state index in [1.807, 2.05) is 17.0 Å². The van der Waals surface area contributed by atoms with Crippen molar-refractivity contribution in [2.24, 2.45) is 0 Å². The Morgan fingerprint density at radius 2 is 2.28 bits per heavy atom. The van der Waals surface area contributed by atoms with Gasteiger partial charge in [0.15, 0.2) is 0 Å². The van der Waals surface area contributed by atoms with Crippen molar-refractivity contribution in [3.05, 3.63) is 22.7 Å². The summed E-state index contributed by atoms with van der Waals surface area (Å²) in [7, 11) is -1.79. The standard InChI is InChI=1S/C11H15BrN2O3S/c1-17-7-6-14-5-4-13-18(15,16)11-8-9(12)2-3-10(11)14/h2-3,8,13H,4-7H2,1H3. The summed E-state index contributed by atoms with van der Waals surface area (Å²) in [6.45, 7) is 2.27. The van der Waals surface area contributed by atoms with Crippen LogP contribution in [0.2, 0.25) is 0 Å². The van der Waals surface area contributed by atoms with Gasteiger partial charge in [-0.25, -0.2) is 13.1 Å². The zero-order chi connectivity index (χ0) is 13.2. The fourth-order valence-corrected chi connectivity index (χ4v) is 3.69. The molecule has 0 bridgehead atoms. The van der Waals surface area contributed by atoms with Crippen molar-refractivity contribution < 1.29 is 13.2 Å². The zero-order valence-electron chi connectivity index (χ0n) is 10.0. The molecule has 0 amide bonds. The maximum atomic E-state index is 12.1. The summed E-state index contributed by atoms with van der Waals surface area (Å²) in [4.78, 5) is 2.33. The number of anilines is 1. The molecule has 1 aliphatic rings. The number of nitrogens with zero attached hydrogens (tertiary/aromatic N) is 1. The summed E-state index contributed by atoms with van der Waals surface area (Å²) in [6.07, 6.45) is 0. The largest absolute Gasteiger partial charge is 0.383 e. The van der Waals surface area contributed by atoms with E-state index in [4.69, 9.17) is 4.74 Å². The van der Waals surface area contributed by atoms with Gasteiger partial charge in [-0.2, -0.15) is 0 Å². The molecule has 18 heavy (non-hydrogen) atoms. The van der Waals surface area contributed by atoms with Crippen LogP contribution in [0.4, 0.5) is 5.69 Å². The second-order valence-electron chi connectivity index (χ2n) is 3.99. The Morgan fingerprint density at radius 1 is 1.50 bits per heavy atom. The van der Waals surface area contributed by atoms with Crippen LogP contribution in [0.3, 0.4) is 0 Å². The first-order valence-electron chi connectivity index (χ1n) is 5.58. The van der Waals surface area contributed by atoms with Crippen molar-refractivity contribution in [1.29, 1.82) is 0 Å². The summed E-state index contributed by atoms with van der Waals surface area (Å²) in [5.41, 5.74) is 0.722. The highest BCUT2D eigenvalue weighted by Crippen LogP contribution is 2.29. The number of halogens is 1. The molecule has 7 heteroatoms. The van der Waals surface area contributed by atoms with Crippen molar-refractivity contribution >= 4 is 31.6 Å². The molecule has 0 saturated carbocycles. The number of hydrogen-bond donors (Lipinski definition) is 1. The van der Waals surface area contributed by atoms with Gasteiger partial charge in [0.1, 0.15) is 4.90 Å². The van der Waals surface area contributed by atoms with Crippen LogP contribution in [0.25, 0.3) is 0 Å². The molecule has 1 N–H and O–H groups in total. The van der Waals surface area contributed by atoms with E-state index in [0.717, 1.165) is 10.2 Å². The number of methoxy groups -OCH3 is 1.